The van der Waals surface area contributed by atoms with Gasteiger partial charge >= 0.3 is 17.9 Å². The number of primary amides is 1. The molecule has 0 aromatic heterocycles. The molecule has 0 saturated carbocycles. The first-order chi connectivity index (χ1) is 44.8. The van der Waals surface area contributed by atoms with Crippen LogP contribution in [0.3, 0.4) is 0 Å². The third-order valence-electron chi connectivity index (χ3n) is 15.6. The van der Waals surface area contributed by atoms with E-state index in [4.69, 9.17) is 22.3 Å². The van der Waals surface area contributed by atoms with E-state index in [0.29, 0.717) is 31.2 Å². The molecule has 1 heterocycles. The van der Waals surface area contributed by atoms with Crippen LogP contribution in [0, 0.1) is 17.8 Å². The highest BCUT2D eigenvalue weighted by molar-refractivity contribution is 5.98. The SMILES string of the molecule is CC[C@H](C)[C@H](NC(=O)CNC(=O)[C@H](CC(C)C)NC(=O)[C@@H](N)CCC(=O)O)C(=O)N[C@H](C(=O)NCC(=O)N[C@@H](Cc1ccccc1)C(=O)N[C@@H](CCCCN)C(=O)NCC(=O)N[C@@H](CCC(=O)O)C(=O)N[C@@H](CCC(N)=O)C(=O)NCC(=O)N1CCC[C@H]1C(=O)O)[C@@H](C)CC. The number of nitrogens with one attached hydrogen (secondary N) is 11. The maximum atomic E-state index is 14.2. The molecule has 530 valence electrons. The van der Waals surface area contributed by atoms with Crippen molar-refractivity contribution in [2.24, 2.45) is 35.0 Å². The molecule has 34 nitrogen and oxygen atoms in total. The van der Waals surface area contributed by atoms with Crippen LogP contribution < -0.4 is 75.7 Å². The highest BCUT2D eigenvalue weighted by Crippen LogP contribution is 2.18. The Morgan fingerprint density at radius 3 is 1.51 bits per heavy atom. The molecule has 0 unspecified atom stereocenters. The second kappa shape index (κ2) is 42.8. The zero-order valence-corrected chi connectivity index (χ0v) is 54.7. The Balaban J connectivity index is 2.25. The Morgan fingerprint density at radius 2 is 0.979 bits per heavy atom. The van der Waals surface area contributed by atoms with Crippen molar-refractivity contribution in [2.75, 3.05) is 39.3 Å². The number of aliphatic carboxylic acids is 3. The van der Waals surface area contributed by atoms with Crippen molar-refractivity contribution in [1.82, 2.24) is 63.4 Å². The van der Waals surface area contributed by atoms with Crippen molar-refractivity contribution < 1.29 is 92.0 Å². The molecule has 95 heavy (non-hydrogen) atoms. The largest absolute Gasteiger partial charge is 0.481 e. The Labute approximate surface area is 550 Å². The molecule has 1 aromatic carbocycles. The van der Waals surface area contributed by atoms with E-state index >= 15 is 0 Å². The Bertz CT molecular complexity index is 2830. The number of carboxylic acids is 3. The zero-order valence-electron chi connectivity index (χ0n) is 54.7. The smallest absolute Gasteiger partial charge is 0.326 e. The molecule has 1 aliphatic heterocycles. The summed E-state index contributed by atoms with van der Waals surface area (Å²) in [7, 11) is 0. The van der Waals surface area contributed by atoms with Crippen LogP contribution >= 0.6 is 0 Å². The monoisotopic (exact) mass is 1340 g/mol. The van der Waals surface area contributed by atoms with Crippen LogP contribution in [0.1, 0.15) is 137 Å². The lowest BCUT2D eigenvalue weighted by atomic mass is 9.95. The fourth-order valence-corrected chi connectivity index (χ4v) is 9.78. The van der Waals surface area contributed by atoms with E-state index in [1.165, 1.54) is 0 Å². The standard InChI is InChI=1S/C61H97N15O19/c1-7-34(5)51(75-60(93)52(35(6)8-2)74-47(80)31-66-56(89)41(27-33(3)4)73-53(86)37(63)19-23-49(82)83)59(92)67-30-46(79)70-42(28-36-15-10-9-11-16-36)58(91)71-38(17-12-13-25-62)54(87)65-29-45(78)69-40(21-24-50(84)85)57(90)72-39(20-22-44(64)77)55(88)68-32-48(81)76-26-14-18-43(76)61(94)95/h9-11,15-16,33-35,37-43,51-52H,7-8,12-14,17-32,62-63H2,1-6H3,(H2,64,77)(H,65,87)(H,66,89)(H,67,92)(H,68,88)(H,69,78)(H,70,79)(H,71,91)(H,72,90)(H,73,86)(H,74,80)(H,75,93)(H,82,83)(H,84,85)(H,94,95)/t34-,35-,37-,38-,39-,40-,41-,42-,43-,51-,52-/m0/s1. The lowest BCUT2D eigenvalue weighted by Gasteiger charge is -2.29. The van der Waals surface area contributed by atoms with Crippen molar-refractivity contribution in [3.63, 3.8) is 0 Å². The first kappa shape index (κ1) is 81.8. The summed E-state index contributed by atoms with van der Waals surface area (Å²) in [4.78, 5) is 210. The van der Waals surface area contributed by atoms with Gasteiger partial charge in [0.25, 0.3) is 0 Å². The second-order valence-electron chi connectivity index (χ2n) is 23.8. The summed E-state index contributed by atoms with van der Waals surface area (Å²) in [5, 5.41) is 55.2. The summed E-state index contributed by atoms with van der Waals surface area (Å²) in [5.74, 6) is -16.3. The lowest BCUT2D eigenvalue weighted by molar-refractivity contribution is -0.148. The molecule has 0 radical (unpaired) electrons. The number of likely N-dealkylation sites (tertiary alicyclic amines) is 1. The van der Waals surface area contributed by atoms with Crippen molar-refractivity contribution in [1.29, 1.82) is 0 Å². The zero-order chi connectivity index (χ0) is 71.5. The number of hydrogen-bond donors (Lipinski definition) is 17. The van der Waals surface area contributed by atoms with E-state index < -0.39 is 213 Å². The third-order valence-corrected chi connectivity index (χ3v) is 15.6. The van der Waals surface area contributed by atoms with E-state index in [1.54, 1.807) is 71.9 Å². The molecule has 1 fully saturated rings. The van der Waals surface area contributed by atoms with Crippen molar-refractivity contribution in [3.8, 4) is 0 Å². The van der Waals surface area contributed by atoms with Gasteiger partial charge in [0, 0.05) is 32.2 Å². The number of nitrogens with zero attached hydrogens (tertiary/aromatic N) is 1. The molecule has 1 aromatic rings. The van der Waals surface area contributed by atoms with Gasteiger partial charge in [0.05, 0.1) is 32.2 Å². The molecule has 1 aliphatic rings. The number of unbranched alkanes of at least 4 members (excludes halogenated alkanes) is 1. The highest BCUT2D eigenvalue weighted by Gasteiger charge is 2.37. The minimum Gasteiger partial charge on any atom is -0.481 e. The molecular weight excluding hydrogens is 1250 g/mol. The minimum atomic E-state index is -1.67. The quantitative estimate of drug-likeness (QED) is 0.0275. The van der Waals surface area contributed by atoms with Gasteiger partial charge in [-0.15, -0.1) is 0 Å². The van der Waals surface area contributed by atoms with Crippen LogP contribution in [0.5, 0.6) is 0 Å². The molecule has 11 atom stereocenters. The number of carboxylic acid groups (broad SMARTS) is 3. The molecule has 0 aliphatic carbocycles. The predicted molar refractivity (Wildman–Crippen MR) is 339 cm³/mol. The summed E-state index contributed by atoms with van der Waals surface area (Å²) in [5.41, 5.74) is 17.4. The summed E-state index contributed by atoms with van der Waals surface area (Å²) < 4.78 is 0. The minimum absolute atomic E-state index is 0.0446. The molecule has 2 rings (SSSR count). The molecule has 13 amide bonds. The van der Waals surface area contributed by atoms with E-state index in [0.717, 1.165) is 4.90 Å². The van der Waals surface area contributed by atoms with Crippen LogP contribution in [0.15, 0.2) is 30.3 Å². The molecule has 20 N–H and O–H groups in total. The fraction of sp³-hybridized carbons (Fsp3) is 0.639. The van der Waals surface area contributed by atoms with E-state index in [2.05, 4.69) is 58.5 Å². The van der Waals surface area contributed by atoms with E-state index in [9.17, 15) is 86.9 Å². The van der Waals surface area contributed by atoms with Gasteiger partial charge in [-0.25, -0.2) is 4.79 Å². The maximum absolute atomic E-state index is 14.2. The van der Waals surface area contributed by atoms with Gasteiger partial charge in [-0.1, -0.05) is 84.7 Å². The molecule has 34 heteroatoms. The Kier molecular flexibility index (Phi) is 36.8. The molecule has 1 saturated heterocycles. The topological polar surface area (TPSA) is 547 Å². The maximum Gasteiger partial charge on any atom is 0.326 e. The number of carbonyl (C=O) groups is 16. The van der Waals surface area contributed by atoms with Gasteiger partial charge in [0.1, 0.15) is 48.3 Å². The fourth-order valence-electron chi connectivity index (χ4n) is 9.78. The summed E-state index contributed by atoms with van der Waals surface area (Å²) >= 11 is 0. The average Bonchev–Trinajstić information content (AvgIpc) is 1.88. The van der Waals surface area contributed by atoms with Crippen LogP contribution in [0.25, 0.3) is 0 Å². The highest BCUT2D eigenvalue weighted by atomic mass is 16.4. The number of hydrogen-bond acceptors (Lipinski definition) is 18. The number of nitrogens with two attached hydrogens (primary N) is 3. The van der Waals surface area contributed by atoms with E-state index in [-0.39, 0.29) is 64.0 Å². The number of rotatable bonds is 45. The van der Waals surface area contributed by atoms with Gasteiger partial charge in [-0.2, -0.15) is 0 Å². The van der Waals surface area contributed by atoms with Gasteiger partial charge in [0.2, 0.25) is 76.8 Å². The van der Waals surface area contributed by atoms with Crippen LogP contribution in [0.4, 0.5) is 0 Å². The van der Waals surface area contributed by atoms with Gasteiger partial charge in [-0.3, -0.25) is 71.9 Å². The predicted octanol–water partition coefficient (Wildman–Crippen LogP) is -4.25. The average molecular weight is 1340 g/mol. The Hall–Kier alpha value is -9.34. The molecule has 0 spiro atoms. The van der Waals surface area contributed by atoms with Crippen molar-refractivity contribution >= 4 is 94.7 Å². The van der Waals surface area contributed by atoms with Crippen LogP contribution in [-0.2, 0) is 83.1 Å². The number of benzene rings is 1. The summed E-state index contributed by atoms with van der Waals surface area (Å²) in [6.07, 6.45) is -0.728. The lowest BCUT2D eigenvalue weighted by Crippen LogP contribution is -2.59. The van der Waals surface area contributed by atoms with E-state index in [1.807, 2.05) is 0 Å². The van der Waals surface area contributed by atoms with Crippen LogP contribution in [0.2, 0.25) is 0 Å². The first-order valence-corrected chi connectivity index (χ1v) is 31.8. The normalized spacial score (nSPS) is 15.8. The Morgan fingerprint density at radius 1 is 0.516 bits per heavy atom. The summed E-state index contributed by atoms with van der Waals surface area (Å²) in [6.45, 7) is 7.84. The third kappa shape index (κ3) is 31.0. The van der Waals surface area contributed by atoms with Crippen molar-refractivity contribution in [3.05, 3.63) is 35.9 Å². The van der Waals surface area contributed by atoms with Gasteiger partial charge in [0.15, 0.2) is 0 Å². The van der Waals surface area contributed by atoms with Gasteiger partial charge in [-0.05, 0) is 87.6 Å². The summed E-state index contributed by atoms with van der Waals surface area (Å²) in [6, 6.07) is -3.62. The van der Waals surface area contributed by atoms with Crippen LogP contribution in [-0.4, -0.2) is 209 Å². The number of carbonyl (C=O) groups excluding carboxylic acids is 13. The molecular formula is C61H97N15O19. The molecule has 0 bridgehead atoms. The van der Waals surface area contributed by atoms with Crippen molar-refractivity contribution in [2.45, 2.75) is 192 Å². The number of amides is 13. The first-order valence-electron chi connectivity index (χ1n) is 31.8. The second-order valence-corrected chi connectivity index (χ2v) is 23.8. The van der Waals surface area contributed by atoms with Gasteiger partial charge < -0.3 is 95.9 Å².